The van der Waals surface area contributed by atoms with E-state index >= 15 is 0 Å². The highest BCUT2D eigenvalue weighted by Crippen LogP contribution is 2.31. The van der Waals surface area contributed by atoms with Gasteiger partial charge in [-0.25, -0.2) is 14.4 Å². The molecule has 3 aromatic rings. The Kier molecular flexibility index (Phi) is 6.64. The number of carbonyl (C=O) groups excluding carboxylic acids is 4. The fraction of sp³-hybridized carbons (Fsp3) is 0.185. The maximum Gasteiger partial charge on any atom is 0.339 e. The average molecular weight is 473 g/mol. The lowest BCUT2D eigenvalue weighted by molar-refractivity contribution is 0.0252. The van der Waals surface area contributed by atoms with E-state index in [2.05, 4.69) is 5.32 Å². The molecule has 0 spiro atoms. The van der Waals surface area contributed by atoms with Gasteiger partial charge >= 0.3 is 17.9 Å². The number of anilines is 1. The molecule has 0 unspecified atom stereocenters. The van der Waals surface area contributed by atoms with Crippen LogP contribution in [0.4, 0.5) is 5.69 Å². The van der Waals surface area contributed by atoms with Crippen LogP contribution in [0.1, 0.15) is 64.2 Å². The van der Waals surface area contributed by atoms with Crippen molar-refractivity contribution in [2.45, 2.75) is 19.4 Å². The summed E-state index contributed by atoms with van der Waals surface area (Å²) < 4.78 is 15.1. The number of rotatable bonds is 5. The maximum absolute atomic E-state index is 13.1. The summed E-state index contributed by atoms with van der Waals surface area (Å²) in [5.74, 6) is -2.27. The molecule has 0 saturated heterocycles. The SMILES string of the molecule is COC(=O)c1ccc(C(=O)OC)c(NC(=O)c2ccc3c(c2)C[C@H](c2ccc(C)cc2)OC3=O)c1. The van der Waals surface area contributed by atoms with Crippen molar-refractivity contribution < 1.29 is 33.4 Å². The largest absolute Gasteiger partial charge is 0.465 e. The Labute approximate surface area is 201 Å². The van der Waals surface area contributed by atoms with E-state index in [0.29, 0.717) is 17.5 Å². The second kappa shape index (κ2) is 9.80. The second-order valence-corrected chi connectivity index (χ2v) is 8.08. The fourth-order valence-electron chi connectivity index (χ4n) is 3.88. The van der Waals surface area contributed by atoms with E-state index in [9.17, 15) is 19.2 Å². The van der Waals surface area contributed by atoms with Crippen molar-refractivity contribution in [2.24, 2.45) is 0 Å². The summed E-state index contributed by atoms with van der Waals surface area (Å²) in [6.45, 7) is 1.98. The quantitative estimate of drug-likeness (QED) is 0.435. The lowest BCUT2D eigenvalue weighted by Gasteiger charge is -2.25. The first kappa shape index (κ1) is 23.7. The van der Waals surface area contributed by atoms with Gasteiger partial charge in [-0.1, -0.05) is 29.8 Å². The molecule has 4 rings (SSSR count). The molecule has 0 radical (unpaired) electrons. The molecule has 1 N–H and O–H groups in total. The minimum atomic E-state index is -0.675. The van der Waals surface area contributed by atoms with Gasteiger partial charge in [-0.2, -0.15) is 0 Å². The zero-order valence-corrected chi connectivity index (χ0v) is 19.4. The number of hydrogen-bond donors (Lipinski definition) is 1. The smallest absolute Gasteiger partial charge is 0.339 e. The summed E-state index contributed by atoms with van der Waals surface area (Å²) >= 11 is 0. The van der Waals surface area contributed by atoms with Crippen molar-refractivity contribution in [1.29, 1.82) is 0 Å². The number of methoxy groups -OCH3 is 2. The van der Waals surface area contributed by atoms with E-state index in [1.165, 1.54) is 38.5 Å². The molecule has 0 aromatic heterocycles. The molecule has 1 aliphatic heterocycles. The lowest BCUT2D eigenvalue weighted by atomic mass is 9.92. The molecule has 178 valence electrons. The molecular weight excluding hydrogens is 450 g/mol. The molecule has 8 heteroatoms. The molecular formula is C27H23NO7. The van der Waals surface area contributed by atoms with Gasteiger partial charge in [-0.05, 0) is 54.4 Å². The number of benzene rings is 3. The minimum absolute atomic E-state index is 0.0782. The number of esters is 3. The van der Waals surface area contributed by atoms with Crippen LogP contribution in [0.25, 0.3) is 0 Å². The summed E-state index contributed by atoms with van der Waals surface area (Å²) in [7, 11) is 2.45. The Morgan fingerprint density at radius 2 is 1.57 bits per heavy atom. The summed E-state index contributed by atoms with van der Waals surface area (Å²) in [5.41, 5.74) is 3.65. The number of hydrogen-bond acceptors (Lipinski definition) is 7. The highest BCUT2D eigenvalue weighted by atomic mass is 16.5. The summed E-state index contributed by atoms with van der Waals surface area (Å²) in [6.07, 6.45) is -0.0483. The number of nitrogens with one attached hydrogen (secondary N) is 1. The normalized spacial score (nSPS) is 14.4. The van der Waals surface area contributed by atoms with Gasteiger partial charge in [-0.15, -0.1) is 0 Å². The van der Waals surface area contributed by atoms with Crippen LogP contribution >= 0.6 is 0 Å². The zero-order valence-electron chi connectivity index (χ0n) is 19.4. The third-order valence-electron chi connectivity index (χ3n) is 5.79. The monoisotopic (exact) mass is 473 g/mol. The number of amides is 1. The first-order valence-corrected chi connectivity index (χ1v) is 10.8. The van der Waals surface area contributed by atoms with Crippen molar-refractivity contribution in [1.82, 2.24) is 0 Å². The molecule has 8 nitrogen and oxygen atoms in total. The Balaban J connectivity index is 1.63. The van der Waals surface area contributed by atoms with Gasteiger partial charge < -0.3 is 19.5 Å². The van der Waals surface area contributed by atoms with E-state index in [1.807, 2.05) is 31.2 Å². The molecule has 1 amide bonds. The fourth-order valence-corrected chi connectivity index (χ4v) is 3.88. The van der Waals surface area contributed by atoms with Gasteiger partial charge in [0.05, 0.1) is 36.6 Å². The second-order valence-electron chi connectivity index (χ2n) is 8.08. The number of carbonyl (C=O) groups is 4. The predicted molar refractivity (Wildman–Crippen MR) is 127 cm³/mol. The minimum Gasteiger partial charge on any atom is -0.465 e. The summed E-state index contributed by atoms with van der Waals surface area (Å²) in [5, 5.41) is 2.66. The van der Waals surface area contributed by atoms with Crippen molar-refractivity contribution in [3.8, 4) is 0 Å². The Hall–Kier alpha value is -4.46. The standard InChI is InChI=1S/C27H23NO7/c1-15-4-6-16(7-5-15)23-14-19-12-17(8-10-20(19)27(32)35-23)24(29)28-22-13-18(25(30)33-2)9-11-21(22)26(31)34-3/h4-13,23H,14H2,1-3H3,(H,28,29)/t23-/m1/s1. The highest BCUT2D eigenvalue weighted by Gasteiger charge is 2.28. The van der Waals surface area contributed by atoms with Crippen LogP contribution in [0, 0.1) is 6.92 Å². The molecule has 0 bridgehead atoms. The summed E-state index contributed by atoms with van der Waals surface area (Å²) in [6, 6.07) is 16.5. The van der Waals surface area contributed by atoms with Crippen molar-refractivity contribution in [3.05, 3.63) is 99.6 Å². The van der Waals surface area contributed by atoms with Gasteiger partial charge in [0, 0.05) is 12.0 Å². The van der Waals surface area contributed by atoms with Gasteiger partial charge in [-0.3, -0.25) is 4.79 Å². The number of ether oxygens (including phenoxy) is 3. The first-order chi connectivity index (χ1) is 16.8. The molecule has 0 saturated carbocycles. The predicted octanol–water partition coefficient (Wildman–Crippen LogP) is 4.27. The van der Waals surface area contributed by atoms with Crippen molar-refractivity contribution >= 4 is 29.5 Å². The Morgan fingerprint density at radius 3 is 2.26 bits per heavy atom. The Morgan fingerprint density at radius 1 is 0.886 bits per heavy atom. The number of aryl methyl sites for hydroxylation is 1. The topological polar surface area (TPSA) is 108 Å². The van der Waals surface area contributed by atoms with Crippen LogP contribution in [0.15, 0.2) is 60.7 Å². The molecule has 1 atom stereocenters. The Bertz CT molecular complexity index is 1330. The van der Waals surface area contributed by atoms with Crippen LogP contribution in [0.5, 0.6) is 0 Å². The first-order valence-electron chi connectivity index (χ1n) is 10.8. The van der Waals surface area contributed by atoms with Crippen LogP contribution in [-0.4, -0.2) is 38.0 Å². The molecule has 1 aliphatic rings. The van der Waals surface area contributed by atoms with Gasteiger partial charge in [0.25, 0.3) is 5.91 Å². The van der Waals surface area contributed by atoms with Gasteiger partial charge in [0.1, 0.15) is 6.10 Å². The van der Waals surface area contributed by atoms with E-state index in [4.69, 9.17) is 14.2 Å². The van der Waals surface area contributed by atoms with E-state index in [1.54, 1.807) is 12.1 Å². The third-order valence-corrected chi connectivity index (χ3v) is 5.79. The number of cyclic esters (lactones) is 1. The highest BCUT2D eigenvalue weighted by molar-refractivity contribution is 6.09. The van der Waals surface area contributed by atoms with E-state index in [-0.39, 0.29) is 22.4 Å². The van der Waals surface area contributed by atoms with Crippen molar-refractivity contribution in [2.75, 3.05) is 19.5 Å². The molecule has 0 aliphatic carbocycles. The lowest BCUT2D eigenvalue weighted by Crippen LogP contribution is -2.23. The van der Waals surface area contributed by atoms with Crippen LogP contribution < -0.4 is 5.32 Å². The number of fused-ring (bicyclic) bond motifs is 1. The molecule has 3 aromatic carbocycles. The maximum atomic E-state index is 13.1. The van der Waals surface area contributed by atoms with Crippen molar-refractivity contribution in [3.63, 3.8) is 0 Å². The summed E-state index contributed by atoms with van der Waals surface area (Å²) in [4.78, 5) is 49.8. The van der Waals surface area contributed by atoms with Gasteiger partial charge in [0.15, 0.2) is 0 Å². The van der Waals surface area contributed by atoms with Crippen LogP contribution in [0.3, 0.4) is 0 Å². The van der Waals surface area contributed by atoms with Crippen LogP contribution in [0.2, 0.25) is 0 Å². The molecule has 0 fully saturated rings. The molecule has 35 heavy (non-hydrogen) atoms. The van der Waals surface area contributed by atoms with E-state index < -0.39 is 29.9 Å². The van der Waals surface area contributed by atoms with Crippen LogP contribution in [-0.2, 0) is 20.6 Å². The average Bonchev–Trinajstić information content (AvgIpc) is 2.87. The zero-order chi connectivity index (χ0) is 25.1. The van der Waals surface area contributed by atoms with Gasteiger partial charge in [0.2, 0.25) is 0 Å². The molecule has 1 heterocycles. The van der Waals surface area contributed by atoms with E-state index in [0.717, 1.165) is 11.1 Å². The third kappa shape index (κ3) is 4.91.